The number of carbonyl (C=O) groups excluding carboxylic acids is 1. The molecule has 124 valence electrons. The van der Waals surface area contributed by atoms with Crippen LogP contribution in [0.1, 0.15) is 20.8 Å². The Balaban J connectivity index is 0. The predicted molar refractivity (Wildman–Crippen MR) is 83.2 cm³/mol. The largest absolute Gasteiger partial charge is 0.466 e. The molecule has 0 spiro atoms. The predicted octanol–water partition coefficient (Wildman–Crippen LogP) is 0.994. The lowest BCUT2D eigenvalue weighted by atomic mass is 10.3. The number of carbonyl (C=O) groups is 1. The zero-order valence-corrected chi connectivity index (χ0v) is 13.8. The van der Waals surface area contributed by atoms with Gasteiger partial charge in [-0.15, -0.1) is 0 Å². The molecule has 0 aliphatic rings. The van der Waals surface area contributed by atoms with Gasteiger partial charge in [-0.1, -0.05) is 6.92 Å². The molecule has 0 aromatic rings. The van der Waals surface area contributed by atoms with Gasteiger partial charge in [0.05, 0.1) is 37.8 Å². The maximum Gasteiger partial charge on any atom is 0.293 e. The molecule has 2 unspecified atom stereocenters. The van der Waals surface area contributed by atoms with Crippen molar-refractivity contribution in [3.63, 3.8) is 0 Å². The Kier molecular flexibility index (Phi) is 15.5. The molecule has 0 heterocycles. The second-order valence-electron chi connectivity index (χ2n) is 4.48. The molecule has 0 radical (unpaired) electrons. The smallest absolute Gasteiger partial charge is 0.293 e. The van der Waals surface area contributed by atoms with Gasteiger partial charge in [-0.2, -0.15) is 15.8 Å². The third-order valence-corrected chi connectivity index (χ3v) is 2.97. The molecule has 0 bridgehead atoms. The minimum atomic E-state index is -0.380. The minimum absolute atomic E-state index is 0.111. The highest BCUT2D eigenvalue weighted by atomic mass is 16.5. The van der Waals surface area contributed by atoms with E-state index >= 15 is 0 Å². The quantitative estimate of drug-likeness (QED) is 0.354. The lowest BCUT2D eigenvalue weighted by Gasteiger charge is -2.23. The summed E-state index contributed by atoms with van der Waals surface area (Å²) >= 11 is 0. The van der Waals surface area contributed by atoms with Crippen LogP contribution in [0.5, 0.6) is 0 Å². The van der Waals surface area contributed by atoms with Crippen LogP contribution in [0, 0.1) is 40.6 Å². The SMILES string of the molecule is CCN(CC#N)C(C)COC=O.[C-]#[N+]C(C)N(CC#N)CC#N. The Morgan fingerprint density at radius 3 is 1.96 bits per heavy atom. The first kappa shape index (κ1) is 22.6. The fourth-order valence-corrected chi connectivity index (χ4v) is 1.54. The number of likely N-dealkylation sites (N-methyl/N-ethyl adjacent to an activating group) is 1. The molecular weight excluding hydrogens is 296 g/mol. The second kappa shape index (κ2) is 15.7. The first-order valence-electron chi connectivity index (χ1n) is 7.02. The Labute approximate surface area is 137 Å². The van der Waals surface area contributed by atoms with E-state index in [1.807, 2.05) is 30.9 Å². The van der Waals surface area contributed by atoms with E-state index in [1.165, 1.54) is 4.90 Å². The fraction of sp³-hybridized carbons (Fsp3) is 0.667. The zero-order valence-electron chi connectivity index (χ0n) is 13.8. The first-order valence-corrected chi connectivity index (χ1v) is 7.02. The summed E-state index contributed by atoms with van der Waals surface area (Å²) in [6.45, 7) is 14.4. The van der Waals surface area contributed by atoms with Crippen LogP contribution in [0.15, 0.2) is 0 Å². The van der Waals surface area contributed by atoms with E-state index in [0.29, 0.717) is 19.6 Å². The molecule has 0 saturated heterocycles. The molecule has 0 N–H and O–H groups in total. The van der Waals surface area contributed by atoms with Crippen LogP contribution in [0.25, 0.3) is 4.85 Å². The van der Waals surface area contributed by atoms with E-state index in [1.54, 1.807) is 6.92 Å². The number of rotatable bonds is 9. The molecule has 0 amide bonds. The third-order valence-electron chi connectivity index (χ3n) is 2.97. The van der Waals surface area contributed by atoms with E-state index < -0.39 is 0 Å². The second-order valence-corrected chi connectivity index (χ2v) is 4.48. The van der Waals surface area contributed by atoms with Gasteiger partial charge in [0.1, 0.15) is 6.61 Å². The van der Waals surface area contributed by atoms with Crippen molar-refractivity contribution in [3.8, 4) is 18.2 Å². The molecule has 0 aromatic carbocycles. The van der Waals surface area contributed by atoms with E-state index in [0.717, 1.165) is 6.54 Å². The highest BCUT2D eigenvalue weighted by Crippen LogP contribution is 1.98. The van der Waals surface area contributed by atoms with Gasteiger partial charge in [-0.3, -0.25) is 14.5 Å². The van der Waals surface area contributed by atoms with Gasteiger partial charge in [0, 0.05) is 13.0 Å². The van der Waals surface area contributed by atoms with E-state index in [4.69, 9.17) is 22.4 Å². The zero-order chi connectivity index (χ0) is 18.1. The molecule has 8 nitrogen and oxygen atoms in total. The van der Waals surface area contributed by atoms with Crippen LogP contribution in [0.3, 0.4) is 0 Å². The lowest BCUT2D eigenvalue weighted by molar-refractivity contribution is -0.130. The molecular formula is C15H22N6O2. The minimum Gasteiger partial charge on any atom is -0.466 e. The van der Waals surface area contributed by atoms with E-state index in [9.17, 15) is 4.79 Å². The van der Waals surface area contributed by atoms with Crippen molar-refractivity contribution in [2.24, 2.45) is 0 Å². The van der Waals surface area contributed by atoms with Gasteiger partial charge in [-0.25, -0.2) is 11.5 Å². The summed E-state index contributed by atoms with van der Waals surface area (Å²) in [5, 5.41) is 25.0. The normalized spacial score (nSPS) is 11.7. The average Bonchev–Trinajstić information content (AvgIpc) is 2.57. The maximum absolute atomic E-state index is 9.87. The fourth-order valence-electron chi connectivity index (χ4n) is 1.54. The van der Waals surface area contributed by atoms with Crippen LogP contribution in [-0.4, -0.2) is 61.3 Å². The first-order chi connectivity index (χ1) is 11.0. The van der Waals surface area contributed by atoms with Crippen molar-refractivity contribution in [2.45, 2.75) is 33.0 Å². The van der Waals surface area contributed by atoms with Gasteiger partial charge in [0.25, 0.3) is 12.6 Å². The number of nitrogens with zero attached hydrogens (tertiary/aromatic N) is 6. The molecule has 0 saturated carbocycles. The molecule has 2 atom stereocenters. The summed E-state index contributed by atoms with van der Waals surface area (Å²) in [6, 6.07) is 5.97. The standard InChI is InChI=1S/C8H14N2O2.C7H8N4/c1-3-10(5-4-9)8(2)6-12-7-11;1-7(10-2)11(5-3-8)6-4-9/h7-8H,3,5-6H2,1-2H3;7H,5-6H2,1H3. The number of ether oxygens (including phenoxy) is 1. The summed E-state index contributed by atoms with van der Waals surface area (Å²) in [4.78, 5) is 16.5. The molecule has 23 heavy (non-hydrogen) atoms. The highest BCUT2D eigenvalue weighted by Gasteiger charge is 2.15. The van der Waals surface area contributed by atoms with Gasteiger partial charge < -0.3 is 4.74 Å². The van der Waals surface area contributed by atoms with Crippen molar-refractivity contribution in [3.05, 3.63) is 11.4 Å². The van der Waals surface area contributed by atoms with Crippen LogP contribution >= 0.6 is 0 Å². The lowest BCUT2D eigenvalue weighted by Crippen LogP contribution is -2.36. The van der Waals surface area contributed by atoms with Gasteiger partial charge >= 0.3 is 0 Å². The summed E-state index contributed by atoms with van der Waals surface area (Å²) in [7, 11) is 0. The Bertz CT molecular complexity index is 466. The molecule has 0 rings (SSSR count). The number of hydrogen-bond donors (Lipinski definition) is 0. The van der Waals surface area contributed by atoms with Crippen LogP contribution in [0.2, 0.25) is 0 Å². The molecule has 0 aliphatic heterocycles. The van der Waals surface area contributed by atoms with Crippen LogP contribution in [-0.2, 0) is 9.53 Å². The Morgan fingerprint density at radius 2 is 1.61 bits per heavy atom. The maximum atomic E-state index is 9.87. The summed E-state index contributed by atoms with van der Waals surface area (Å²) in [5.74, 6) is 0. The average molecular weight is 318 g/mol. The molecule has 8 heteroatoms. The van der Waals surface area contributed by atoms with Gasteiger partial charge in [0.2, 0.25) is 0 Å². The number of nitriles is 3. The number of hydrogen-bond acceptors (Lipinski definition) is 7. The topological polar surface area (TPSA) is 109 Å². The van der Waals surface area contributed by atoms with Gasteiger partial charge in [-0.05, 0) is 13.5 Å². The molecule has 0 aliphatic carbocycles. The Morgan fingerprint density at radius 1 is 1.13 bits per heavy atom. The van der Waals surface area contributed by atoms with Crippen LogP contribution in [0.4, 0.5) is 0 Å². The summed E-state index contributed by atoms with van der Waals surface area (Å²) in [6.07, 6.45) is -0.380. The van der Waals surface area contributed by atoms with Crippen molar-refractivity contribution < 1.29 is 9.53 Å². The highest BCUT2D eigenvalue weighted by molar-refractivity contribution is 5.36. The third kappa shape index (κ3) is 11.7. The summed E-state index contributed by atoms with van der Waals surface area (Å²) in [5.41, 5.74) is 0. The Hall–Kier alpha value is -2.65. The van der Waals surface area contributed by atoms with E-state index in [2.05, 4.69) is 15.7 Å². The van der Waals surface area contributed by atoms with Crippen molar-refractivity contribution in [1.82, 2.24) is 9.80 Å². The summed E-state index contributed by atoms with van der Waals surface area (Å²) < 4.78 is 4.59. The van der Waals surface area contributed by atoms with Crippen LogP contribution < -0.4 is 0 Å². The van der Waals surface area contributed by atoms with Crippen molar-refractivity contribution in [1.29, 1.82) is 15.8 Å². The monoisotopic (exact) mass is 318 g/mol. The van der Waals surface area contributed by atoms with Gasteiger partial charge in [0.15, 0.2) is 0 Å². The van der Waals surface area contributed by atoms with Crippen molar-refractivity contribution >= 4 is 6.47 Å². The molecule has 0 aromatic heterocycles. The molecule has 0 fully saturated rings. The van der Waals surface area contributed by atoms with Crippen molar-refractivity contribution in [2.75, 3.05) is 32.8 Å². The van der Waals surface area contributed by atoms with E-state index in [-0.39, 0.29) is 25.3 Å².